The quantitative estimate of drug-likeness (QED) is 0.805. The highest BCUT2D eigenvalue weighted by atomic mass is 16.5. The van der Waals surface area contributed by atoms with E-state index in [1.807, 2.05) is 39.8 Å². The van der Waals surface area contributed by atoms with Crippen LogP contribution in [0.2, 0.25) is 0 Å². The third-order valence-electron chi connectivity index (χ3n) is 3.30. The molecule has 4 nitrogen and oxygen atoms in total. The van der Waals surface area contributed by atoms with Gasteiger partial charge in [-0.25, -0.2) is 0 Å². The lowest BCUT2D eigenvalue weighted by Crippen LogP contribution is -2.38. The first-order valence-corrected chi connectivity index (χ1v) is 7.06. The van der Waals surface area contributed by atoms with Crippen LogP contribution >= 0.6 is 0 Å². The van der Waals surface area contributed by atoms with Crippen molar-refractivity contribution < 1.29 is 14.6 Å². The van der Waals surface area contributed by atoms with Crippen LogP contribution in [0.1, 0.15) is 43.6 Å². The Morgan fingerprint density at radius 2 is 1.80 bits per heavy atom. The van der Waals surface area contributed by atoms with Crippen LogP contribution in [0.3, 0.4) is 0 Å². The number of carbonyl (C=O) groups excluding carboxylic acids is 1. The molecule has 0 fully saturated rings. The molecule has 2 atom stereocenters. The minimum absolute atomic E-state index is 0.0395. The highest BCUT2D eigenvalue weighted by molar-refractivity contribution is 5.94. The molecule has 1 aromatic rings. The van der Waals surface area contributed by atoms with E-state index in [9.17, 15) is 4.79 Å². The summed E-state index contributed by atoms with van der Waals surface area (Å²) in [5.74, 6) is -0.0770. The maximum absolute atomic E-state index is 12.0. The van der Waals surface area contributed by atoms with Crippen LogP contribution < -0.4 is 5.32 Å². The fraction of sp³-hybridized carbons (Fsp3) is 0.562. The average molecular weight is 279 g/mol. The third-order valence-corrected chi connectivity index (χ3v) is 3.30. The van der Waals surface area contributed by atoms with E-state index in [1.54, 1.807) is 12.1 Å². The Labute approximate surface area is 121 Å². The summed E-state index contributed by atoms with van der Waals surface area (Å²) >= 11 is 0. The first-order chi connectivity index (χ1) is 9.43. The molecule has 2 N–H and O–H groups in total. The first kappa shape index (κ1) is 16.7. The van der Waals surface area contributed by atoms with Gasteiger partial charge >= 0.3 is 0 Å². The van der Waals surface area contributed by atoms with Crippen molar-refractivity contribution in [1.29, 1.82) is 0 Å². The Balaban J connectivity index is 2.57. The molecule has 0 spiro atoms. The van der Waals surface area contributed by atoms with Crippen molar-refractivity contribution in [3.05, 3.63) is 35.4 Å². The van der Waals surface area contributed by atoms with Crippen LogP contribution in [-0.2, 0) is 11.3 Å². The van der Waals surface area contributed by atoms with Gasteiger partial charge in [0.15, 0.2) is 0 Å². The van der Waals surface area contributed by atoms with Crippen LogP contribution in [0.5, 0.6) is 0 Å². The van der Waals surface area contributed by atoms with Gasteiger partial charge in [-0.3, -0.25) is 4.79 Å². The Hall–Kier alpha value is -1.39. The van der Waals surface area contributed by atoms with E-state index in [0.29, 0.717) is 12.2 Å². The maximum Gasteiger partial charge on any atom is 0.251 e. The zero-order chi connectivity index (χ0) is 15.1. The molecule has 2 unspecified atom stereocenters. The molecule has 1 aromatic carbocycles. The Morgan fingerprint density at radius 1 is 1.20 bits per heavy atom. The van der Waals surface area contributed by atoms with Gasteiger partial charge in [-0.2, -0.15) is 0 Å². The van der Waals surface area contributed by atoms with E-state index in [1.165, 1.54) is 0 Å². The van der Waals surface area contributed by atoms with Gasteiger partial charge in [0.2, 0.25) is 0 Å². The largest absolute Gasteiger partial charge is 0.396 e. The Bertz CT molecular complexity index is 414. The monoisotopic (exact) mass is 279 g/mol. The lowest BCUT2D eigenvalue weighted by Gasteiger charge is -2.19. The van der Waals surface area contributed by atoms with Crippen LogP contribution in [0.25, 0.3) is 0 Å². The zero-order valence-corrected chi connectivity index (χ0v) is 12.7. The number of aliphatic hydroxyl groups excluding tert-OH is 1. The third kappa shape index (κ3) is 5.31. The zero-order valence-electron chi connectivity index (χ0n) is 12.7. The second-order valence-electron chi connectivity index (χ2n) is 5.48. The first-order valence-electron chi connectivity index (χ1n) is 7.06. The Kier molecular flexibility index (Phi) is 6.68. The number of hydrogen-bond acceptors (Lipinski definition) is 3. The van der Waals surface area contributed by atoms with Crippen molar-refractivity contribution in [3.8, 4) is 0 Å². The summed E-state index contributed by atoms with van der Waals surface area (Å²) in [4.78, 5) is 12.0. The van der Waals surface area contributed by atoms with Crippen molar-refractivity contribution in [2.24, 2.45) is 5.92 Å². The number of amides is 1. The molecule has 1 amide bonds. The van der Waals surface area contributed by atoms with Crippen LogP contribution in [0.4, 0.5) is 0 Å². The van der Waals surface area contributed by atoms with Crippen LogP contribution in [0.15, 0.2) is 24.3 Å². The maximum atomic E-state index is 12.0. The summed E-state index contributed by atoms with van der Waals surface area (Å²) in [7, 11) is 0. The summed E-state index contributed by atoms with van der Waals surface area (Å²) in [5, 5.41) is 12.0. The lowest BCUT2D eigenvalue weighted by atomic mass is 10.0. The SMILES string of the molecule is CC(C)OCc1ccc(C(=O)NC(C)C(C)CO)cc1. The molecule has 0 aromatic heterocycles. The van der Waals surface area contributed by atoms with Gasteiger partial charge in [0.1, 0.15) is 0 Å². The topological polar surface area (TPSA) is 58.6 Å². The van der Waals surface area contributed by atoms with Crippen molar-refractivity contribution in [2.75, 3.05) is 6.61 Å². The Morgan fingerprint density at radius 3 is 2.30 bits per heavy atom. The highest BCUT2D eigenvalue weighted by Gasteiger charge is 2.14. The molecule has 0 saturated carbocycles. The second-order valence-corrected chi connectivity index (χ2v) is 5.48. The van der Waals surface area contributed by atoms with Crippen molar-refractivity contribution in [3.63, 3.8) is 0 Å². The molecule has 4 heteroatoms. The average Bonchev–Trinajstić information content (AvgIpc) is 2.44. The van der Waals surface area contributed by atoms with E-state index in [4.69, 9.17) is 9.84 Å². The van der Waals surface area contributed by atoms with E-state index >= 15 is 0 Å². The molecule has 0 bridgehead atoms. The van der Waals surface area contributed by atoms with E-state index in [-0.39, 0.29) is 30.6 Å². The molecule has 0 aliphatic carbocycles. The fourth-order valence-corrected chi connectivity index (χ4v) is 1.61. The minimum atomic E-state index is -0.117. The van der Waals surface area contributed by atoms with Gasteiger partial charge in [-0.1, -0.05) is 19.1 Å². The van der Waals surface area contributed by atoms with Gasteiger partial charge < -0.3 is 15.2 Å². The van der Waals surface area contributed by atoms with E-state index in [0.717, 1.165) is 5.56 Å². The highest BCUT2D eigenvalue weighted by Crippen LogP contribution is 2.08. The number of rotatable bonds is 7. The number of carbonyl (C=O) groups is 1. The smallest absolute Gasteiger partial charge is 0.251 e. The summed E-state index contributed by atoms with van der Waals surface area (Å²) in [5.41, 5.74) is 1.67. The number of aliphatic hydroxyl groups is 1. The summed E-state index contributed by atoms with van der Waals surface area (Å²) in [6, 6.07) is 7.33. The van der Waals surface area contributed by atoms with Gasteiger partial charge in [0.25, 0.3) is 5.91 Å². The summed E-state index contributed by atoms with van der Waals surface area (Å²) in [6.07, 6.45) is 0.193. The predicted octanol–water partition coefficient (Wildman–Crippen LogP) is 2.36. The van der Waals surface area contributed by atoms with Crippen LogP contribution in [-0.4, -0.2) is 29.8 Å². The van der Waals surface area contributed by atoms with Crippen molar-refractivity contribution in [1.82, 2.24) is 5.32 Å². The predicted molar refractivity (Wildman–Crippen MR) is 79.5 cm³/mol. The van der Waals surface area contributed by atoms with Crippen LogP contribution in [0, 0.1) is 5.92 Å². The van der Waals surface area contributed by atoms with E-state index in [2.05, 4.69) is 5.32 Å². The molecule has 0 radical (unpaired) electrons. The molecule has 0 saturated heterocycles. The van der Waals surface area contributed by atoms with E-state index < -0.39 is 0 Å². The molecule has 0 heterocycles. The standard InChI is InChI=1S/C16H25NO3/c1-11(2)20-10-14-5-7-15(8-6-14)16(19)17-13(4)12(3)9-18/h5-8,11-13,18H,9-10H2,1-4H3,(H,17,19). The molecule has 112 valence electrons. The van der Waals surface area contributed by atoms with Gasteiger partial charge in [-0.15, -0.1) is 0 Å². The number of ether oxygens (including phenoxy) is 1. The number of hydrogen-bond donors (Lipinski definition) is 2. The molecular formula is C16H25NO3. The van der Waals surface area contributed by atoms with Gasteiger partial charge in [-0.05, 0) is 44.4 Å². The second kappa shape index (κ2) is 8.02. The molecular weight excluding hydrogens is 254 g/mol. The molecule has 20 heavy (non-hydrogen) atoms. The van der Waals surface area contributed by atoms with Gasteiger partial charge in [0.05, 0.1) is 12.7 Å². The summed E-state index contributed by atoms with van der Waals surface area (Å²) in [6.45, 7) is 8.39. The minimum Gasteiger partial charge on any atom is -0.396 e. The van der Waals surface area contributed by atoms with Crippen molar-refractivity contribution >= 4 is 5.91 Å². The molecule has 0 aliphatic heterocycles. The molecule has 0 aliphatic rings. The summed E-state index contributed by atoms with van der Waals surface area (Å²) < 4.78 is 5.51. The van der Waals surface area contributed by atoms with Gasteiger partial charge in [0, 0.05) is 18.2 Å². The molecule has 1 rings (SSSR count). The lowest BCUT2D eigenvalue weighted by molar-refractivity contribution is 0.0656. The fourth-order valence-electron chi connectivity index (χ4n) is 1.61. The number of nitrogens with one attached hydrogen (secondary N) is 1. The number of benzene rings is 1. The van der Waals surface area contributed by atoms with Crippen molar-refractivity contribution in [2.45, 2.75) is 46.4 Å². The normalized spacial score (nSPS) is 14.1.